The summed E-state index contributed by atoms with van der Waals surface area (Å²) in [5, 5.41) is 3.93. The molecular formula is C23H15Cl2NO3. The van der Waals surface area contributed by atoms with E-state index in [2.05, 4.69) is 5.32 Å². The van der Waals surface area contributed by atoms with E-state index in [4.69, 9.17) is 27.6 Å². The van der Waals surface area contributed by atoms with Crippen molar-refractivity contribution in [2.45, 2.75) is 6.92 Å². The highest BCUT2D eigenvalue weighted by atomic mass is 35.5. The van der Waals surface area contributed by atoms with E-state index < -0.39 is 0 Å². The summed E-state index contributed by atoms with van der Waals surface area (Å²) in [6.07, 6.45) is 0. The van der Waals surface area contributed by atoms with Crippen LogP contribution >= 0.6 is 23.2 Å². The largest absolute Gasteiger partial charge is 0.456 e. The second kappa shape index (κ2) is 7.74. The molecule has 29 heavy (non-hydrogen) atoms. The number of nitrogens with one attached hydrogen (secondary N) is 1. The summed E-state index contributed by atoms with van der Waals surface area (Å²) in [4.78, 5) is 24.9. The summed E-state index contributed by atoms with van der Waals surface area (Å²) in [6.45, 7) is 1.92. The topological polar surface area (TPSA) is 59.3 Å². The summed E-state index contributed by atoms with van der Waals surface area (Å²) < 4.78 is 5.88. The molecule has 4 rings (SSSR count). The SMILES string of the molecule is Cc1ccc2oc(-c3ccc(C(=O)Nc4cccc(Cl)c4Cl)cc3)cc(=O)c2c1. The van der Waals surface area contributed by atoms with Gasteiger partial charge in [-0.05, 0) is 43.3 Å². The molecule has 3 aromatic carbocycles. The zero-order valence-corrected chi connectivity index (χ0v) is 16.8. The first-order valence-corrected chi connectivity index (χ1v) is 9.58. The Morgan fingerprint density at radius 2 is 1.72 bits per heavy atom. The van der Waals surface area contributed by atoms with E-state index in [1.165, 1.54) is 6.07 Å². The molecule has 0 atom stereocenters. The molecule has 4 aromatic rings. The van der Waals surface area contributed by atoms with Crippen LogP contribution in [0.25, 0.3) is 22.3 Å². The minimum absolute atomic E-state index is 0.109. The van der Waals surface area contributed by atoms with Crippen LogP contribution in [0.1, 0.15) is 15.9 Å². The summed E-state index contributed by atoms with van der Waals surface area (Å²) in [6, 6.07) is 18.7. The molecule has 1 N–H and O–H groups in total. The molecule has 6 heteroatoms. The third-order valence-electron chi connectivity index (χ3n) is 4.51. The van der Waals surface area contributed by atoms with Gasteiger partial charge in [0.15, 0.2) is 5.43 Å². The minimum atomic E-state index is -0.323. The Morgan fingerprint density at radius 3 is 2.48 bits per heavy atom. The second-order valence-corrected chi connectivity index (χ2v) is 7.39. The molecule has 4 nitrogen and oxygen atoms in total. The van der Waals surface area contributed by atoms with E-state index >= 15 is 0 Å². The Kier molecular flexibility index (Phi) is 5.14. The van der Waals surface area contributed by atoms with E-state index in [-0.39, 0.29) is 16.4 Å². The standard InChI is InChI=1S/C23H15Cl2NO3/c1-13-5-10-20-16(11-13)19(27)12-21(29-20)14-6-8-15(9-7-14)23(28)26-18-4-2-3-17(24)22(18)25/h2-12H,1H3,(H,26,28). The number of amides is 1. The van der Waals surface area contributed by atoms with Crippen LogP contribution in [0.3, 0.4) is 0 Å². The Morgan fingerprint density at radius 1 is 0.966 bits per heavy atom. The molecule has 0 unspecified atom stereocenters. The van der Waals surface area contributed by atoms with Gasteiger partial charge in [-0.15, -0.1) is 0 Å². The molecular weight excluding hydrogens is 409 g/mol. The summed E-state index contributed by atoms with van der Waals surface area (Å²) in [5.41, 5.74) is 2.97. The minimum Gasteiger partial charge on any atom is -0.456 e. The number of carbonyl (C=O) groups is 1. The van der Waals surface area contributed by atoms with Crippen LogP contribution in [0.2, 0.25) is 10.0 Å². The second-order valence-electron chi connectivity index (χ2n) is 6.61. The fourth-order valence-corrected chi connectivity index (χ4v) is 3.34. The number of hydrogen-bond donors (Lipinski definition) is 1. The van der Waals surface area contributed by atoms with Crippen LogP contribution in [0.15, 0.2) is 75.9 Å². The van der Waals surface area contributed by atoms with Crippen molar-refractivity contribution >= 4 is 45.8 Å². The lowest BCUT2D eigenvalue weighted by Crippen LogP contribution is -2.12. The fourth-order valence-electron chi connectivity index (χ4n) is 2.99. The van der Waals surface area contributed by atoms with Gasteiger partial charge in [0.25, 0.3) is 5.91 Å². The van der Waals surface area contributed by atoms with Gasteiger partial charge in [-0.3, -0.25) is 9.59 Å². The maximum Gasteiger partial charge on any atom is 0.255 e. The number of aryl methyl sites for hydroxylation is 1. The molecule has 1 aromatic heterocycles. The van der Waals surface area contributed by atoms with E-state index in [9.17, 15) is 9.59 Å². The molecule has 0 aliphatic heterocycles. The Balaban J connectivity index is 1.62. The van der Waals surface area contributed by atoms with Crippen molar-refractivity contribution in [2.24, 2.45) is 0 Å². The van der Waals surface area contributed by atoms with Gasteiger partial charge in [0.2, 0.25) is 0 Å². The third kappa shape index (κ3) is 3.90. The molecule has 0 saturated carbocycles. The van der Waals surface area contributed by atoms with Crippen LogP contribution in [0.5, 0.6) is 0 Å². The highest BCUT2D eigenvalue weighted by Crippen LogP contribution is 2.30. The Bertz CT molecular complexity index is 1290. The lowest BCUT2D eigenvalue weighted by atomic mass is 10.1. The van der Waals surface area contributed by atoms with Gasteiger partial charge < -0.3 is 9.73 Å². The molecule has 0 fully saturated rings. The van der Waals surface area contributed by atoms with Crippen molar-refractivity contribution in [1.29, 1.82) is 0 Å². The third-order valence-corrected chi connectivity index (χ3v) is 5.33. The fraction of sp³-hybridized carbons (Fsp3) is 0.0435. The first-order chi connectivity index (χ1) is 13.9. The summed E-state index contributed by atoms with van der Waals surface area (Å²) in [7, 11) is 0. The van der Waals surface area contributed by atoms with E-state index in [1.807, 2.05) is 13.0 Å². The van der Waals surface area contributed by atoms with Gasteiger partial charge in [0.1, 0.15) is 11.3 Å². The number of carbonyl (C=O) groups excluding carboxylic acids is 1. The van der Waals surface area contributed by atoms with E-state index in [1.54, 1.807) is 54.6 Å². The van der Waals surface area contributed by atoms with E-state index in [0.717, 1.165) is 5.56 Å². The van der Waals surface area contributed by atoms with Gasteiger partial charge in [0.05, 0.1) is 21.1 Å². The molecule has 0 radical (unpaired) electrons. The van der Waals surface area contributed by atoms with Gasteiger partial charge in [0, 0.05) is 17.2 Å². The van der Waals surface area contributed by atoms with E-state index in [0.29, 0.717) is 38.6 Å². The normalized spacial score (nSPS) is 10.9. The van der Waals surface area contributed by atoms with Gasteiger partial charge in [-0.25, -0.2) is 0 Å². The zero-order valence-electron chi connectivity index (χ0n) is 15.3. The monoisotopic (exact) mass is 423 g/mol. The molecule has 0 saturated heterocycles. The molecule has 0 aliphatic rings. The van der Waals surface area contributed by atoms with Crippen molar-refractivity contribution in [2.75, 3.05) is 5.32 Å². The molecule has 144 valence electrons. The molecule has 0 spiro atoms. The van der Waals surface area contributed by atoms with Crippen LogP contribution in [0.4, 0.5) is 5.69 Å². The summed E-state index contributed by atoms with van der Waals surface area (Å²) in [5.74, 6) is 0.118. The predicted molar refractivity (Wildman–Crippen MR) is 117 cm³/mol. The first-order valence-electron chi connectivity index (χ1n) is 8.83. The van der Waals surface area contributed by atoms with Crippen LogP contribution in [-0.2, 0) is 0 Å². The average Bonchev–Trinajstić information content (AvgIpc) is 2.72. The maximum atomic E-state index is 12.5. The highest BCUT2D eigenvalue weighted by Gasteiger charge is 2.12. The van der Waals surface area contributed by atoms with Crippen molar-refractivity contribution in [1.82, 2.24) is 0 Å². The molecule has 0 bridgehead atoms. The molecule has 1 heterocycles. The van der Waals surface area contributed by atoms with Crippen molar-refractivity contribution in [3.63, 3.8) is 0 Å². The lowest BCUT2D eigenvalue weighted by molar-refractivity contribution is 0.102. The first kappa shape index (κ1) is 19.2. The highest BCUT2D eigenvalue weighted by molar-refractivity contribution is 6.44. The number of hydrogen-bond acceptors (Lipinski definition) is 3. The number of halogens is 2. The Labute approximate surface area is 176 Å². The number of anilines is 1. The van der Waals surface area contributed by atoms with Crippen molar-refractivity contribution in [3.05, 3.63) is 98.1 Å². The number of rotatable bonds is 3. The van der Waals surface area contributed by atoms with Crippen LogP contribution < -0.4 is 10.7 Å². The quantitative estimate of drug-likeness (QED) is 0.418. The number of benzene rings is 3. The van der Waals surface area contributed by atoms with Gasteiger partial charge >= 0.3 is 0 Å². The smallest absolute Gasteiger partial charge is 0.255 e. The maximum absolute atomic E-state index is 12.5. The average molecular weight is 424 g/mol. The Hall–Kier alpha value is -3.08. The lowest BCUT2D eigenvalue weighted by Gasteiger charge is -2.09. The predicted octanol–water partition coefficient (Wildman–Crippen LogP) is 6.33. The molecule has 0 aliphatic carbocycles. The molecule has 1 amide bonds. The van der Waals surface area contributed by atoms with Gasteiger partial charge in [-0.2, -0.15) is 0 Å². The van der Waals surface area contributed by atoms with Crippen LogP contribution in [-0.4, -0.2) is 5.91 Å². The van der Waals surface area contributed by atoms with Gasteiger partial charge in [-0.1, -0.05) is 53.0 Å². The number of fused-ring (bicyclic) bond motifs is 1. The summed E-state index contributed by atoms with van der Waals surface area (Å²) >= 11 is 12.1. The zero-order chi connectivity index (χ0) is 20.5. The van der Waals surface area contributed by atoms with Crippen molar-refractivity contribution in [3.8, 4) is 11.3 Å². The van der Waals surface area contributed by atoms with Crippen LogP contribution in [0, 0.1) is 6.92 Å². The van der Waals surface area contributed by atoms with Crippen molar-refractivity contribution < 1.29 is 9.21 Å².